The van der Waals surface area contributed by atoms with Crippen LogP contribution in [0.3, 0.4) is 0 Å². The van der Waals surface area contributed by atoms with Gasteiger partial charge in [0, 0.05) is 26.2 Å². The van der Waals surface area contributed by atoms with Crippen LogP contribution in [0.1, 0.15) is 32.8 Å². The summed E-state index contributed by atoms with van der Waals surface area (Å²) in [5.74, 6) is 1.76. The van der Waals surface area contributed by atoms with Crippen molar-refractivity contribution in [2.75, 3.05) is 33.4 Å². The van der Waals surface area contributed by atoms with Crippen LogP contribution in [-0.4, -0.2) is 45.4 Å². The number of hydrogen-bond donors (Lipinski definition) is 2. The summed E-state index contributed by atoms with van der Waals surface area (Å²) >= 11 is 0. The first-order valence-corrected chi connectivity index (χ1v) is 8.42. The lowest BCUT2D eigenvalue weighted by molar-refractivity contribution is 0.0782. The Morgan fingerprint density at radius 2 is 1.88 bits per heavy atom. The van der Waals surface area contributed by atoms with Gasteiger partial charge in [-0.1, -0.05) is 12.1 Å². The van der Waals surface area contributed by atoms with Crippen molar-refractivity contribution in [2.45, 2.75) is 39.7 Å². The Morgan fingerprint density at radius 3 is 2.46 bits per heavy atom. The molecule has 0 aliphatic carbocycles. The Kier molecular flexibility index (Phi) is 13.7. The predicted molar refractivity (Wildman–Crippen MR) is 112 cm³/mol. The molecule has 0 spiro atoms. The normalized spacial score (nSPS) is 11.1. The molecular formula is C18H32IN3O2. The van der Waals surface area contributed by atoms with E-state index < -0.39 is 0 Å². The standard InChI is InChI=1S/C18H31N3O2.HI/c1-5-19-18(20-12-6-14-23-15(2)3)21-13-11-16-7-9-17(22-4)10-8-16;/h7-10,15H,5-6,11-14H2,1-4H3,(H2,19,20,21);1H. The summed E-state index contributed by atoms with van der Waals surface area (Å²) < 4.78 is 10.7. The molecule has 0 aliphatic rings. The van der Waals surface area contributed by atoms with E-state index in [1.807, 2.05) is 26.0 Å². The summed E-state index contributed by atoms with van der Waals surface area (Å²) in [5, 5.41) is 6.63. The van der Waals surface area contributed by atoms with E-state index in [1.54, 1.807) is 7.11 Å². The van der Waals surface area contributed by atoms with Gasteiger partial charge in [0.15, 0.2) is 5.96 Å². The summed E-state index contributed by atoms with van der Waals surface area (Å²) in [4.78, 5) is 4.56. The van der Waals surface area contributed by atoms with Gasteiger partial charge in [0.25, 0.3) is 0 Å². The second-order valence-electron chi connectivity index (χ2n) is 5.56. The molecule has 0 saturated heterocycles. The zero-order chi connectivity index (χ0) is 16.9. The van der Waals surface area contributed by atoms with Gasteiger partial charge in [-0.05, 0) is 51.3 Å². The van der Waals surface area contributed by atoms with Crippen molar-refractivity contribution in [2.24, 2.45) is 4.99 Å². The van der Waals surface area contributed by atoms with Crippen LogP contribution in [0.15, 0.2) is 29.3 Å². The average Bonchev–Trinajstić information content (AvgIpc) is 2.55. The highest BCUT2D eigenvalue weighted by Gasteiger charge is 1.99. The lowest BCUT2D eigenvalue weighted by Gasteiger charge is -2.12. The molecule has 0 heterocycles. The first-order chi connectivity index (χ1) is 11.2. The third-order valence-corrected chi connectivity index (χ3v) is 3.23. The van der Waals surface area contributed by atoms with Crippen LogP contribution in [0, 0.1) is 0 Å². The Balaban J connectivity index is 0.00000529. The summed E-state index contributed by atoms with van der Waals surface area (Å²) in [7, 11) is 1.68. The number of halogens is 1. The Labute approximate surface area is 163 Å². The van der Waals surface area contributed by atoms with Crippen molar-refractivity contribution in [1.82, 2.24) is 10.6 Å². The second kappa shape index (κ2) is 14.3. The van der Waals surface area contributed by atoms with Gasteiger partial charge in [0.2, 0.25) is 0 Å². The minimum Gasteiger partial charge on any atom is -0.497 e. The van der Waals surface area contributed by atoms with Crippen LogP contribution < -0.4 is 15.4 Å². The minimum atomic E-state index is 0. The summed E-state index contributed by atoms with van der Waals surface area (Å²) in [6.07, 6.45) is 2.17. The lowest BCUT2D eigenvalue weighted by atomic mass is 10.1. The molecule has 0 aliphatic heterocycles. The largest absolute Gasteiger partial charge is 0.497 e. The van der Waals surface area contributed by atoms with Crippen LogP contribution in [0.25, 0.3) is 0 Å². The molecule has 24 heavy (non-hydrogen) atoms. The summed E-state index contributed by atoms with van der Waals surface area (Å²) in [6.45, 7) is 9.40. The zero-order valence-corrected chi connectivity index (χ0v) is 17.6. The fourth-order valence-corrected chi connectivity index (χ4v) is 2.03. The highest BCUT2D eigenvalue weighted by atomic mass is 127. The average molecular weight is 449 g/mol. The van der Waals surface area contributed by atoms with Gasteiger partial charge >= 0.3 is 0 Å². The quantitative estimate of drug-likeness (QED) is 0.249. The SMILES string of the molecule is CCNC(=NCCCOC(C)C)NCCc1ccc(OC)cc1.I. The van der Waals surface area contributed by atoms with Crippen molar-refractivity contribution < 1.29 is 9.47 Å². The third kappa shape index (κ3) is 10.7. The molecule has 1 aromatic carbocycles. The number of aliphatic imine (C=N–C) groups is 1. The molecule has 0 amide bonds. The zero-order valence-electron chi connectivity index (χ0n) is 15.3. The Morgan fingerprint density at radius 1 is 1.17 bits per heavy atom. The van der Waals surface area contributed by atoms with E-state index in [0.29, 0.717) is 0 Å². The topological polar surface area (TPSA) is 54.9 Å². The predicted octanol–water partition coefficient (Wildman–Crippen LogP) is 3.23. The second-order valence-corrected chi connectivity index (χ2v) is 5.56. The first-order valence-electron chi connectivity index (χ1n) is 8.42. The molecule has 1 rings (SSSR count). The van der Waals surface area contributed by atoms with Gasteiger partial charge in [0.05, 0.1) is 13.2 Å². The number of methoxy groups -OCH3 is 1. The summed E-state index contributed by atoms with van der Waals surface area (Å²) in [6, 6.07) is 8.16. The van der Waals surface area contributed by atoms with Crippen molar-refractivity contribution in [3.8, 4) is 5.75 Å². The van der Waals surface area contributed by atoms with Gasteiger partial charge < -0.3 is 20.1 Å². The van der Waals surface area contributed by atoms with Gasteiger partial charge in [0.1, 0.15) is 5.75 Å². The maximum Gasteiger partial charge on any atom is 0.191 e. The van der Waals surface area contributed by atoms with Gasteiger partial charge in [-0.3, -0.25) is 4.99 Å². The fourth-order valence-electron chi connectivity index (χ4n) is 2.03. The highest BCUT2D eigenvalue weighted by molar-refractivity contribution is 14.0. The van der Waals surface area contributed by atoms with Crippen LogP contribution in [0.5, 0.6) is 5.75 Å². The first kappa shape index (κ1) is 23.0. The van der Waals surface area contributed by atoms with Crippen LogP contribution in [-0.2, 0) is 11.2 Å². The molecule has 5 nitrogen and oxygen atoms in total. The molecule has 0 radical (unpaired) electrons. The maximum atomic E-state index is 5.52. The molecular weight excluding hydrogens is 417 g/mol. The molecule has 0 aromatic heterocycles. The lowest BCUT2D eigenvalue weighted by Crippen LogP contribution is -2.38. The van der Waals surface area contributed by atoms with E-state index in [1.165, 1.54) is 5.56 Å². The number of benzene rings is 1. The number of hydrogen-bond acceptors (Lipinski definition) is 3. The van der Waals surface area contributed by atoms with Gasteiger partial charge in [-0.25, -0.2) is 0 Å². The van der Waals surface area contributed by atoms with Gasteiger partial charge in [-0.15, -0.1) is 24.0 Å². The molecule has 0 fully saturated rings. The maximum absolute atomic E-state index is 5.52. The summed E-state index contributed by atoms with van der Waals surface area (Å²) in [5.41, 5.74) is 1.28. The van der Waals surface area contributed by atoms with E-state index in [9.17, 15) is 0 Å². The molecule has 0 atom stereocenters. The molecule has 6 heteroatoms. The fraction of sp³-hybridized carbons (Fsp3) is 0.611. The number of rotatable bonds is 10. The smallest absolute Gasteiger partial charge is 0.191 e. The number of ether oxygens (including phenoxy) is 2. The number of guanidine groups is 1. The molecule has 138 valence electrons. The van der Waals surface area contributed by atoms with Crippen molar-refractivity contribution in [3.63, 3.8) is 0 Å². The van der Waals surface area contributed by atoms with Crippen LogP contribution >= 0.6 is 24.0 Å². The Hall–Kier alpha value is -1.02. The van der Waals surface area contributed by atoms with Gasteiger partial charge in [-0.2, -0.15) is 0 Å². The van der Waals surface area contributed by atoms with Crippen LogP contribution in [0.4, 0.5) is 0 Å². The third-order valence-electron chi connectivity index (χ3n) is 3.23. The molecule has 0 saturated carbocycles. The van der Waals surface area contributed by atoms with Crippen LogP contribution in [0.2, 0.25) is 0 Å². The van der Waals surface area contributed by atoms with E-state index in [0.717, 1.165) is 50.8 Å². The molecule has 1 aromatic rings. The monoisotopic (exact) mass is 449 g/mol. The van der Waals surface area contributed by atoms with Crippen molar-refractivity contribution in [1.29, 1.82) is 0 Å². The van der Waals surface area contributed by atoms with E-state index >= 15 is 0 Å². The van der Waals surface area contributed by atoms with E-state index in [2.05, 4.69) is 34.7 Å². The molecule has 0 unspecified atom stereocenters. The van der Waals surface area contributed by atoms with E-state index in [-0.39, 0.29) is 30.1 Å². The molecule has 0 bridgehead atoms. The van der Waals surface area contributed by atoms with Crippen molar-refractivity contribution >= 4 is 29.9 Å². The number of nitrogens with zero attached hydrogens (tertiary/aromatic N) is 1. The van der Waals surface area contributed by atoms with Crippen molar-refractivity contribution in [3.05, 3.63) is 29.8 Å². The highest BCUT2D eigenvalue weighted by Crippen LogP contribution is 2.11. The Bertz CT molecular complexity index is 450. The van der Waals surface area contributed by atoms with E-state index in [4.69, 9.17) is 9.47 Å². The number of nitrogens with one attached hydrogen (secondary N) is 2. The minimum absolute atomic E-state index is 0. The molecule has 2 N–H and O–H groups in total.